The Bertz CT molecular complexity index is 672. The molecule has 1 heterocycles. The van der Waals surface area contributed by atoms with Gasteiger partial charge in [-0.25, -0.2) is 9.82 Å². The van der Waals surface area contributed by atoms with Crippen molar-refractivity contribution in [2.24, 2.45) is 5.10 Å². The van der Waals surface area contributed by atoms with Crippen molar-refractivity contribution in [2.45, 2.75) is 6.42 Å². The van der Waals surface area contributed by atoms with Crippen LogP contribution in [0.25, 0.3) is 0 Å². The molecule has 0 aliphatic rings. The van der Waals surface area contributed by atoms with Crippen LogP contribution in [0.3, 0.4) is 0 Å². The summed E-state index contributed by atoms with van der Waals surface area (Å²) < 4.78 is 12.7. The van der Waals surface area contributed by atoms with Gasteiger partial charge in [0, 0.05) is 18.1 Å². The highest BCUT2D eigenvalue weighted by atomic mass is 19.1. The molecule has 2 N–H and O–H groups in total. The van der Waals surface area contributed by atoms with Crippen LogP contribution in [0.1, 0.15) is 12.0 Å². The number of hydrogen-bond donors (Lipinski definition) is 2. The fraction of sp³-hybridized carbons (Fsp3) is 0.0667. The number of halogens is 1. The van der Waals surface area contributed by atoms with Gasteiger partial charge < -0.3 is 5.32 Å². The maximum Gasteiger partial charge on any atom is 0.249 e. The molecule has 0 atom stereocenters. The fourth-order valence-corrected chi connectivity index (χ4v) is 1.55. The van der Waals surface area contributed by atoms with E-state index in [0.29, 0.717) is 5.69 Å². The zero-order valence-corrected chi connectivity index (χ0v) is 11.5. The number of anilines is 1. The second kappa shape index (κ2) is 7.63. The normalized spacial score (nSPS) is 10.4. The van der Waals surface area contributed by atoms with Crippen LogP contribution in [0.4, 0.5) is 10.1 Å². The van der Waals surface area contributed by atoms with Crippen molar-refractivity contribution >= 4 is 23.7 Å². The molecule has 0 bridgehead atoms. The molecule has 1 aromatic heterocycles. The third kappa shape index (κ3) is 5.12. The Balaban J connectivity index is 1.78. The summed E-state index contributed by atoms with van der Waals surface area (Å²) in [6, 6.07) is 8.69. The quantitative estimate of drug-likeness (QED) is 0.501. The topological polar surface area (TPSA) is 83.5 Å². The van der Waals surface area contributed by atoms with E-state index in [0.717, 1.165) is 5.56 Å². The molecule has 2 rings (SSSR count). The van der Waals surface area contributed by atoms with Gasteiger partial charge in [0.05, 0.1) is 6.21 Å². The van der Waals surface area contributed by atoms with Crippen LogP contribution in [0.2, 0.25) is 0 Å². The molecule has 0 aliphatic carbocycles. The maximum absolute atomic E-state index is 12.7. The van der Waals surface area contributed by atoms with Gasteiger partial charge >= 0.3 is 0 Å². The van der Waals surface area contributed by atoms with Crippen LogP contribution in [0.15, 0.2) is 53.9 Å². The van der Waals surface area contributed by atoms with E-state index >= 15 is 0 Å². The van der Waals surface area contributed by atoms with Crippen molar-refractivity contribution < 1.29 is 14.0 Å². The van der Waals surface area contributed by atoms with Gasteiger partial charge in [-0.05, 0) is 42.0 Å². The predicted octanol–water partition coefficient (Wildman–Crippen LogP) is 1.70. The van der Waals surface area contributed by atoms with Gasteiger partial charge in [0.2, 0.25) is 11.8 Å². The zero-order valence-electron chi connectivity index (χ0n) is 11.5. The van der Waals surface area contributed by atoms with Crippen LogP contribution in [0, 0.1) is 5.82 Å². The van der Waals surface area contributed by atoms with Crippen molar-refractivity contribution in [1.29, 1.82) is 0 Å². The first kappa shape index (κ1) is 15.3. The van der Waals surface area contributed by atoms with Crippen LogP contribution >= 0.6 is 0 Å². The van der Waals surface area contributed by atoms with Crippen molar-refractivity contribution in [2.75, 3.05) is 5.32 Å². The van der Waals surface area contributed by atoms with Crippen LogP contribution < -0.4 is 10.7 Å². The Kier molecular flexibility index (Phi) is 5.31. The summed E-state index contributed by atoms with van der Waals surface area (Å²) in [6.07, 6.45) is 4.25. The number of nitrogens with zero attached hydrogens (tertiary/aromatic N) is 2. The molecule has 2 amide bonds. The molecule has 22 heavy (non-hydrogen) atoms. The van der Waals surface area contributed by atoms with Gasteiger partial charge in [-0.1, -0.05) is 0 Å². The highest BCUT2D eigenvalue weighted by Crippen LogP contribution is 2.08. The summed E-state index contributed by atoms with van der Waals surface area (Å²) in [5.41, 5.74) is 3.43. The number of hydrazone groups is 1. The number of aromatic nitrogens is 1. The average molecular weight is 300 g/mol. The SMILES string of the molecule is O=C(CC(=O)Nc1ccc(F)cc1)N/N=C\c1ccncc1. The van der Waals surface area contributed by atoms with Crippen LogP contribution in [0.5, 0.6) is 0 Å². The summed E-state index contributed by atoms with van der Waals surface area (Å²) in [5.74, 6) is -1.46. The van der Waals surface area contributed by atoms with Gasteiger partial charge in [0.1, 0.15) is 12.2 Å². The van der Waals surface area contributed by atoms with Gasteiger partial charge in [0.15, 0.2) is 0 Å². The molecular formula is C15H13FN4O2. The minimum absolute atomic E-state index is 0.384. The Hall–Kier alpha value is -3.09. The Morgan fingerprint density at radius 3 is 2.45 bits per heavy atom. The van der Waals surface area contributed by atoms with E-state index in [1.807, 2.05) is 0 Å². The summed E-state index contributed by atoms with van der Waals surface area (Å²) in [4.78, 5) is 27.0. The Labute approximate surface area is 126 Å². The van der Waals surface area contributed by atoms with E-state index in [1.165, 1.54) is 30.5 Å². The summed E-state index contributed by atoms with van der Waals surface area (Å²) in [7, 11) is 0. The minimum Gasteiger partial charge on any atom is -0.326 e. The number of benzene rings is 1. The lowest BCUT2D eigenvalue weighted by Gasteiger charge is -2.04. The fourth-order valence-electron chi connectivity index (χ4n) is 1.55. The average Bonchev–Trinajstić information content (AvgIpc) is 2.50. The van der Waals surface area contributed by atoms with E-state index in [-0.39, 0.29) is 6.42 Å². The lowest BCUT2D eigenvalue weighted by atomic mass is 10.3. The largest absolute Gasteiger partial charge is 0.326 e. The number of rotatable bonds is 5. The molecular weight excluding hydrogens is 287 g/mol. The number of pyridine rings is 1. The third-order valence-electron chi connectivity index (χ3n) is 2.56. The molecule has 6 nitrogen and oxygen atoms in total. The number of amides is 2. The first-order valence-electron chi connectivity index (χ1n) is 6.41. The van der Waals surface area contributed by atoms with Crippen molar-refractivity contribution in [3.8, 4) is 0 Å². The second-order valence-electron chi connectivity index (χ2n) is 4.31. The molecule has 0 saturated carbocycles. The lowest BCUT2D eigenvalue weighted by molar-refractivity contribution is -0.126. The van der Waals surface area contributed by atoms with Crippen LogP contribution in [-0.4, -0.2) is 23.0 Å². The van der Waals surface area contributed by atoms with Gasteiger partial charge in [-0.15, -0.1) is 0 Å². The molecule has 1 aromatic carbocycles. The monoisotopic (exact) mass is 300 g/mol. The third-order valence-corrected chi connectivity index (χ3v) is 2.56. The molecule has 7 heteroatoms. The number of hydrogen-bond acceptors (Lipinski definition) is 4. The van der Waals surface area contributed by atoms with Gasteiger partial charge in [-0.2, -0.15) is 5.10 Å². The first-order chi connectivity index (χ1) is 10.6. The highest BCUT2D eigenvalue weighted by Gasteiger charge is 2.08. The maximum atomic E-state index is 12.7. The summed E-state index contributed by atoms with van der Waals surface area (Å²) in [5, 5.41) is 6.21. The zero-order chi connectivity index (χ0) is 15.8. The smallest absolute Gasteiger partial charge is 0.249 e. The second-order valence-corrected chi connectivity index (χ2v) is 4.31. The van der Waals surface area contributed by atoms with E-state index in [1.54, 1.807) is 24.5 Å². The van der Waals surface area contributed by atoms with E-state index < -0.39 is 17.6 Å². The Morgan fingerprint density at radius 1 is 1.09 bits per heavy atom. The molecule has 0 spiro atoms. The first-order valence-corrected chi connectivity index (χ1v) is 6.41. The summed E-state index contributed by atoms with van der Waals surface area (Å²) >= 11 is 0. The van der Waals surface area contributed by atoms with Crippen molar-refractivity contribution in [3.05, 3.63) is 60.2 Å². The molecule has 0 aliphatic heterocycles. The standard InChI is InChI=1S/C15H13FN4O2/c16-12-1-3-13(4-2-12)19-14(21)9-15(22)20-18-10-11-5-7-17-8-6-11/h1-8,10H,9H2,(H,19,21)(H,20,22)/b18-10-. The van der Waals surface area contributed by atoms with Crippen LogP contribution in [-0.2, 0) is 9.59 Å². The molecule has 2 aromatic rings. The number of nitrogens with one attached hydrogen (secondary N) is 2. The van der Waals surface area contributed by atoms with E-state index in [9.17, 15) is 14.0 Å². The molecule has 0 unspecified atom stereocenters. The van der Waals surface area contributed by atoms with Crippen molar-refractivity contribution in [1.82, 2.24) is 10.4 Å². The molecule has 112 valence electrons. The number of carbonyl (C=O) groups excluding carboxylic acids is 2. The molecule has 0 saturated heterocycles. The Morgan fingerprint density at radius 2 is 1.77 bits per heavy atom. The lowest BCUT2D eigenvalue weighted by Crippen LogP contribution is -2.24. The van der Waals surface area contributed by atoms with Gasteiger partial charge in [0.25, 0.3) is 0 Å². The van der Waals surface area contributed by atoms with E-state index in [2.05, 4.69) is 20.8 Å². The summed E-state index contributed by atoms with van der Waals surface area (Å²) in [6.45, 7) is 0. The molecule has 0 radical (unpaired) electrons. The highest BCUT2D eigenvalue weighted by molar-refractivity contribution is 6.03. The number of carbonyl (C=O) groups is 2. The predicted molar refractivity (Wildman–Crippen MR) is 79.6 cm³/mol. The van der Waals surface area contributed by atoms with E-state index in [4.69, 9.17) is 0 Å². The molecule has 0 fully saturated rings. The minimum atomic E-state index is -0.551. The van der Waals surface area contributed by atoms with Crippen molar-refractivity contribution in [3.63, 3.8) is 0 Å². The van der Waals surface area contributed by atoms with Gasteiger partial charge in [-0.3, -0.25) is 14.6 Å².